The molecule has 88 valence electrons. The summed E-state index contributed by atoms with van der Waals surface area (Å²) >= 11 is 5.90. The molecule has 0 heterocycles. The van der Waals surface area contributed by atoms with E-state index >= 15 is 0 Å². The van der Waals surface area contributed by atoms with Crippen LogP contribution in [0.15, 0.2) is 42.5 Å². The first-order valence-electron chi connectivity index (χ1n) is 5.29. The minimum Gasteiger partial charge on any atom is -0.489 e. The van der Waals surface area contributed by atoms with Gasteiger partial charge in [-0.05, 0) is 31.2 Å². The second-order valence-corrected chi connectivity index (χ2v) is 4.21. The standard InChI is InChI=1S/C14H12ClFO/c1-10-5-7-11(8-6-10)17-9-12-13(15)3-2-4-14(12)16/h2-8H,9H2,1H3. The maximum atomic E-state index is 13.5. The number of hydrogen-bond donors (Lipinski definition) is 0. The lowest BCUT2D eigenvalue weighted by Crippen LogP contribution is -1.99. The number of halogens is 2. The van der Waals surface area contributed by atoms with Crippen LogP contribution < -0.4 is 4.74 Å². The predicted octanol–water partition coefficient (Wildman–Crippen LogP) is 4.37. The average Bonchev–Trinajstić information content (AvgIpc) is 2.31. The van der Waals surface area contributed by atoms with Gasteiger partial charge in [0.15, 0.2) is 0 Å². The highest BCUT2D eigenvalue weighted by atomic mass is 35.5. The largest absolute Gasteiger partial charge is 0.489 e. The van der Waals surface area contributed by atoms with Gasteiger partial charge in [0.25, 0.3) is 0 Å². The van der Waals surface area contributed by atoms with Gasteiger partial charge in [-0.3, -0.25) is 0 Å². The summed E-state index contributed by atoms with van der Waals surface area (Å²) in [6.07, 6.45) is 0. The van der Waals surface area contributed by atoms with E-state index in [9.17, 15) is 4.39 Å². The molecule has 1 nitrogen and oxygen atoms in total. The average molecular weight is 251 g/mol. The Morgan fingerprint density at radius 1 is 1.12 bits per heavy atom. The van der Waals surface area contributed by atoms with Crippen LogP contribution in [0.2, 0.25) is 5.02 Å². The topological polar surface area (TPSA) is 9.23 Å². The van der Waals surface area contributed by atoms with Gasteiger partial charge in [-0.1, -0.05) is 35.4 Å². The molecular weight excluding hydrogens is 239 g/mol. The van der Waals surface area contributed by atoms with Crippen molar-refractivity contribution in [1.82, 2.24) is 0 Å². The van der Waals surface area contributed by atoms with Gasteiger partial charge in [0, 0.05) is 5.56 Å². The monoisotopic (exact) mass is 250 g/mol. The quantitative estimate of drug-likeness (QED) is 0.786. The van der Waals surface area contributed by atoms with E-state index in [0.717, 1.165) is 5.56 Å². The molecule has 3 heteroatoms. The van der Waals surface area contributed by atoms with Crippen LogP contribution in [-0.4, -0.2) is 0 Å². The van der Waals surface area contributed by atoms with E-state index in [2.05, 4.69) is 0 Å². The zero-order chi connectivity index (χ0) is 12.3. The number of aryl methyl sites for hydroxylation is 1. The first-order valence-corrected chi connectivity index (χ1v) is 5.67. The molecule has 0 aliphatic carbocycles. The van der Waals surface area contributed by atoms with Crippen molar-refractivity contribution in [3.8, 4) is 5.75 Å². The highest BCUT2D eigenvalue weighted by molar-refractivity contribution is 6.31. The summed E-state index contributed by atoms with van der Waals surface area (Å²) in [5, 5.41) is 0.386. The van der Waals surface area contributed by atoms with E-state index in [1.807, 2.05) is 31.2 Å². The normalized spacial score (nSPS) is 10.3. The van der Waals surface area contributed by atoms with Gasteiger partial charge in [-0.15, -0.1) is 0 Å². The Bertz CT molecular complexity index is 488. The van der Waals surface area contributed by atoms with Crippen LogP contribution in [-0.2, 0) is 6.61 Å². The Balaban J connectivity index is 2.10. The number of rotatable bonds is 3. The van der Waals surface area contributed by atoms with E-state index < -0.39 is 0 Å². The summed E-state index contributed by atoms with van der Waals surface area (Å²) in [7, 11) is 0. The molecule has 0 aliphatic rings. The Kier molecular flexibility index (Phi) is 3.64. The molecule has 0 N–H and O–H groups in total. The van der Waals surface area contributed by atoms with Crippen LogP contribution in [0.1, 0.15) is 11.1 Å². The molecule has 0 unspecified atom stereocenters. The van der Waals surface area contributed by atoms with E-state index in [0.29, 0.717) is 16.3 Å². The van der Waals surface area contributed by atoms with Crippen molar-refractivity contribution in [3.63, 3.8) is 0 Å². The van der Waals surface area contributed by atoms with Gasteiger partial charge in [-0.25, -0.2) is 4.39 Å². The molecule has 0 radical (unpaired) electrons. The Morgan fingerprint density at radius 3 is 2.47 bits per heavy atom. The molecule has 0 saturated carbocycles. The van der Waals surface area contributed by atoms with E-state index in [1.54, 1.807) is 12.1 Å². The molecule has 0 fully saturated rings. The van der Waals surface area contributed by atoms with Gasteiger partial charge >= 0.3 is 0 Å². The first-order chi connectivity index (χ1) is 8.16. The lowest BCUT2D eigenvalue weighted by atomic mass is 10.2. The van der Waals surface area contributed by atoms with Crippen LogP contribution in [0, 0.1) is 12.7 Å². The predicted molar refractivity (Wildman–Crippen MR) is 66.9 cm³/mol. The molecule has 0 aromatic heterocycles. The van der Waals surface area contributed by atoms with Crippen LogP contribution in [0.25, 0.3) is 0 Å². The van der Waals surface area contributed by atoms with E-state index in [1.165, 1.54) is 6.07 Å². The Morgan fingerprint density at radius 2 is 1.82 bits per heavy atom. The molecule has 0 spiro atoms. The summed E-state index contributed by atoms with van der Waals surface area (Å²) < 4.78 is 18.9. The molecule has 2 aromatic carbocycles. The van der Waals surface area contributed by atoms with Crippen LogP contribution in [0.4, 0.5) is 4.39 Å². The fraction of sp³-hybridized carbons (Fsp3) is 0.143. The smallest absolute Gasteiger partial charge is 0.131 e. The van der Waals surface area contributed by atoms with Gasteiger partial charge in [0.1, 0.15) is 18.2 Å². The molecule has 0 atom stereocenters. The molecule has 0 saturated heterocycles. The van der Waals surface area contributed by atoms with Crippen molar-refractivity contribution in [2.45, 2.75) is 13.5 Å². The van der Waals surface area contributed by atoms with Gasteiger partial charge in [0.2, 0.25) is 0 Å². The highest BCUT2D eigenvalue weighted by Gasteiger charge is 2.07. The minimum absolute atomic E-state index is 0.133. The zero-order valence-electron chi connectivity index (χ0n) is 9.41. The van der Waals surface area contributed by atoms with Crippen molar-refractivity contribution in [2.24, 2.45) is 0 Å². The van der Waals surface area contributed by atoms with E-state index in [4.69, 9.17) is 16.3 Å². The SMILES string of the molecule is Cc1ccc(OCc2c(F)cccc2Cl)cc1. The summed E-state index contributed by atoms with van der Waals surface area (Å²) in [5.74, 6) is 0.361. The van der Waals surface area contributed by atoms with Gasteiger partial charge in [-0.2, -0.15) is 0 Å². The van der Waals surface area contributed by atoms with Crippen LogP contribution in [0.3, 0.4) is 0 Å². The Labute approximate surface area is 105 Å². The lowest BCUT2D eigenvalue weighted by molar-refractivity contribution is 0.300. The van der Waals surface area contributed by atoms with Crippen LogP contribution in [0.5, 0.6) is 5.75 Å². The second kappa shape index (κ2) is 5.19. The molecule has 0 bridgehead atoms. The van der Waals surface area contributed by atoms with Crippen molar-refractivity contribution in [2.75, 3.05) is 0 Å². The third kappa shape index (κ3) is 2.98. The van der Waals surface area contributed by atoms with E-state index in [-0.39, 0.29) is 12.4 Å². The first kappa shape index (κ1) is 11.9. The zero-order valence-corrected chi connectivity index (χ0v) is 10.2. The molecule has 17 heavy (non-hydrogen) atoms. The van der Waals surface area contributed by atoms with Crippen molar-refractivity contribution in [1.29, 1.82) is 0 Å². The number of hydrogen-bond acceptors (Lipinski definition) is 1. The minimum atomic E-state index is -0.343. The van der Waals surface area contributed by atoms with Crippen molar-refractivity contribution in [3.05, 3.63) is 64.4 Å². The summed E-state index contributed by atoms with van der Waals surface area (Å²) in [5.41, 5.74) is 1.54. The molecule has 2 rings (SSSR count). The fourth-order valence-electron chi connectivity index (χ4n) is 1.46. The molecular formula is C14H12ClFO. The van der Waals surface area contributed by atoms with Gasteiger partial charge in [0.05, 0.1) is 5.02 Å². The molecule has 0 amide bonds. The van der Waals surface area contributed by atoms with Crippen molar-refractivity contribution < 1.29 is 9.13 Å². The van der Waals surface area contributed by atoms with Gasteiger partial charge < -0.3 is 4.74 Å². The van der Waals surface area contributed by atoms with Crippen molar-refractivity contribution >= 4 is 11.6 Å². The number of benzene rings is 2. The second-order valence-electron chi connectivity index (χ2n) is 3.80. The summed E-state index contributed by atoms with van der Waals surface area (Å²) in [6.45, 7) is 2.13. The van der Waals surface area contributed by atoms with Crippen LogP contribution >= 0.6 is 11.6 Å². The fourth-order valence-corrected chi connectivity index (χ4v) is 1.68. The maximum Gasteiger partial charge on any atom is 0.131 e. The third-order valence-electron chi connectivity index (χ3n) is 2.47. The Hall–Kier alpha value is -1.54. The highest BCUT2D eigenvalue weighted by Crippen LogP contribution is 2.21. The molecule has 0 aliphatic heterocycles. The summed E-state index contributed by atoms with van der Waals surface area (Å²) in [6, 6.07) is 12.2. The maximum absolute atomic E-state index is 13.5. The lowest BCUT2D eigenvalue weighted by Gasteiger charge is -2.08. The summed E-state index contributed by atoms with van der Waals surface area (Å²) in [4.78, 5) is 0. The number of ether oxygens (including phenoxy) is 1. The molecule has 2 aromatic rings. The third-order valence-corrected chi connectivity index (χ3v) is 2.82.